The zero-order valence-electron chi connectivity index (χ0n) is 24.1. The van der Waals surface area contributed by atoms with E-state index in [9.17, 15) is 5.21 Å². The maximum absolute atomic E-state index is 12.1. The van der Waals surface area contributed by atoms with Crippen LogP contribution in [0.15, 0.2) is 0 Å². The molecule has 2 nitrogen and oxygen atoms in total. The first-order valence-corrected chi connectivity index (χ1v) is 16.3. The third kappa shape index (κ3) is 30.0. The minimum Gasteiger partial charge on any atom is -0.634 e. The van der Waals surface area contributed by atoms with Gasteiger partial charge in [-0.15, -0.1) is 0 Å². The fourth-order valence-corrected chi connectivity index (χ4v) is 5.16. The Kier molecular flexibility index (Phi) is 30.9. The van der Waals surface area contributed by atoms with Crippen LogP contribution < -0.4 is 5.06 Å². The maximum atomic E-state index is 12.1. The first-order chi connectivity index (χ1) is 16.8. The van der Waals surface area contributed by atoms with Crippen molar-refractivity contribution in [2.24, 2.45) is 0 Å². The quantitative estimate of drug-likeness (QED) is 0.0801. The first kappa shape index (κ1) is 33.9. The molecular weight excluding hydrogens is 414 g/mol. The average Bonchev–Trinajstić information content (AvgIpc) is 2.84. The largest absolute Gasteiger partial charge is 0.634 e. The summed E-state index contributed by atoms with van der Waals surface area (Å²) in [5, 5.41) is 12.6. The van der Waals surface area contributed by atoms with E-state index in [4.69, 9.17) is 0 Å². The fraction of sp³-hybridized carbons (Fsp3) is 1.00. The Morgan fingerprint density at radius 2 is 0.471 bits per heavy atom. The molecule has 0 saturated heterocycles. The van der Waals surface area contributed by atoms with Crippen molar-refractivity contribution in [1.82, 2.24) is 0 Å². The molecule has 0 atom stereocenters. The van der Waals surface area contributed by atoms with E-state index >= 15 is 0 Å². The second-order valence-electron chi connectivity index (χ2n) is 11.2. The van der Waals surface area contributed by atoms with Crippen LogP contribution >= 0.6 is 0 Å². The number of hydrogen-bond donors (Lipinski definition) is 1. The van der Waals surface area contributed by atoms with Crippen molar-refractivity contribution in [2.45, 2.75) is 194 Å². The molecule has 34 heavy (non-hydrogen) atoms. The molecule has 0 aromatic rings. The van der Waals surface area contributed by atoms with Crippen molar-refractivity contribution >= 4 is 0 Å². The van der Waals surface area contributed by atoms with E-state index in [1.165, 1.54) is 167 Å². The molecule has 0 radical (unpaired) electrons. The number of quaternary nitrogens is 1. The molecule has 2 heteroatoms. The van der Waals surface area contributed by atoms with E-state index in [0.717, 1.165) is 25.9 Å². The maximum Gasteiger partial charge on any atom is 0.0768 e. The van der Waals surface area contributed by atoms with Crippen LogP contribution in [-0.2, 0) is 0 Å². The lowest BCUT2D eigenvalue weighted by Crippen LogP contribution is -3.07. The lowest BCUT2D eigenvalue weighted by atomic mass is 10.0. The van der Waals surface area contributed by atoms with Crippen molar-refractivity contribution in [3.05, 3.63) is 5.21 Å². The summed E-state index contributed by atoms with van der Waals surface area (Å²) in [6.07, 6.45) is 38.8. The van der Waals surface area contributed by atoms with Gasteiger partial charge in [-0.3, -0.25) is 0 Å². The van der Waals surface area contributed by atoms with Crippen LogP contribution in [0.1, 0.15) is 194 Å². The van der Waals surface area contributed by atoms with E-state index in [1.54, 1.807) is 0 Å². The summed E-state index contributed by atoms with van der Waals surface area (Å²) >= 11 is 0. The topological polar surface area (TPSA) is 27.5 Å². The van der Waals surface area contributed by atoms with Gasteiger partial charge < -0.3 is 10.3 Å². The number of nitrogens with one attached hydrogen (secondary N) is 1. The summed E-state index contributed by atoms with van der Waals surface area (Å²) < 4.78 is 0. The summed E-state index contributed by atoms with van der Waals surface area (Å²) in [6, 6.07) is 0. The second-order valence-corrected chi connectivity index (χ2v) is 11.2. The Balaban J connectivity index is 3.13. The van der Waals surface area contributed by atoms with Crippen molar-refractivity contribution in [3.63, 3.8) is 0 Å². The molecule has 0 unspecified atom stereocenters. The Hall–Kier alpha value is -0.0800. The first-order valence-electron chi connectivity index (χ1n) is 16.3. The Labute approximate surface area is 217 Å². The van der Waals surface area contributed by atoms with Gasteiger partial charge in [0, 0.05) is 0 Å². The lowest BCUT2D eigenvalue weighted by molar-refractivity contribution is -0.848. The van der Waals surface area contributed by atoms with Gasteiger partial charge in [0.05, 0.1) is 13.1 Å². The van der Waals surface area contributed by atoms with Crippen LogP contribution in [0.4, 0.5) is 0 Å². The smallest absolute Gasteiger partial charge is 0.0768 e. The van der Waals surface area contributed by atoms with Gasteiger partial charge in [-0.05, 0) is 25.7 Å². The Bertz CT molecular complexity index is 314. The van der Waals surface area contributed by atoms with Gasteiger partial charge in [0.25, 0.3) is 0 Å². The van der Waals surface area contributed by atoms with E-state index in [2.05, 4.69) is 13.8 Å². The molecule has 0 aliphatic carbocycles. The molecule has 206 valence electrons. The molecule has 0 saturated carbocycles. The molecular formula is C32H67NO. The highest BCUT2D eigenvalue weighted by molar-refractivity contribution is 4.51. The van der Waals surface area contributed by atoms with E-state index in [-0.39, 0.29) is 0 Å². The summed E-state index contributed by atoms with van der Waals surface area (Å²) in [5.41, 5.74) is 0. The van der Waals surface area contributed by atoms with Crippen molar-refractivity contribution in [3.8, 4) is 0 Å². The van der Waals surface area contributed by atoms with Crippen molar-refractivity contribution < 1.29 is 5.06 Å². The number of hydroxylamine groups is 2. The Morgan fingerprint density at radius 1 is 0.294 bits per heavy atom. The second kappa shape index (κ2) is 31.0. The van der Waals surface area contributed by atoms with E-state index in [1.807, 2.05) is 0 Å². The average molecular weight is 482 g/mol. The zero-order valence-corrected chi connectivity index (χ0v) is 24.1. The van der Waals surface area contributed by atoms with Gasteiger partial charge in [-0.1, -0.05) is 168 Å². The third-order valence-electron chi connectivity index (χ3n) is 7.62. The van der Waals surface area contributed by atoms with Gasteiger partial charge >= 0.3 is 0 Å². The SMILES string of the molecule is CCCCCCCCCCCCCCCC[NH+]([O-])CCCCCCCCCCCCCCCC. The highest BCUT2D eigenvalue weighted by Crippen LogP contribution is 2.14. The number of rotatable bonds is 30. The predicted octanol–water partition coefficient (Wildman–Crippen LogP) is 10.3. The number of unbranched alkanes of at least 4 members (excludes halogenated alkanes) is 26. The van der Waals surface area contributed by atoms with Gasteiger partial charge in [0.2, 0.25) is 0 Å². The Morgan fingerprint density at radius 3 is 0.676 bits per heavy atom. The molecule has 0 aromatic carbocycles. The molecule has 1 N–H and O–H groups in total. The van der Waals surface area contributed by atoms with Crippen molar-refractivity contribution in [2.75, 3.05) is 13.1 Å². The summed E-state index contributed by atoms with van der Waals surface area (Å²) in [4.78, 5) is 0. The predicted molar refractivity (Wildman–Crippen MR) is 155 cm³/mol. The van der Waals surface area contributed by atoms with Crippen LogP contribution in [0.5, 0.6) is 0 Å². The molecule has 0 amide bonds. The van der Waals surface area contributed by atoms with Gasteiger partial charge in [-0.25, -0.2) is 0 Å². The standard InChI is InChI=1S/C32H67NO/c1-3-5-7-9-11-13-15-17-19-21-23-25-27-29-31-33(34)32-30-28-26-24-22-20-18-16-14-12-10-8-6-4-2/h33H,3-32H2,1-2H3. The highest BCUT2D eigenvalue weighted by atomic mass is 16.5. The van der Waals surface area contributed by atoms with Gasteiger partial charge in [0.1, 0.15) is 0 Å². The van der Waals surface area contributed by atoms with Gasteiger partial charge in [0.15, 0.2) is 0 Å². The van der Waals surface area contributed by atoms with Crippen LogP contribution in [-0.4, -0.2) is 13.1 Å². The molecule has 0 bridgehead atoms. The molecule has 0 heterocycles. The summed E-state index contributed by atoms with van der Waals surface area (Å²) in [6.45, 7) is 6.27. The monoisotopic (exact) mass is 482 g/mol. The summed E-state index contributed by atoms with van der Waals surface area (Å²) in [5.74, 6) is 0. The van der Waals surface area contributed by atoms with E-state index in [0.29, 0.717) is 5.06 Å². The minimum absolute atomic E-state index is 0.526. The normalized spacial score (nSPS) is 11.6. The summed E-state index contributed by atoms with van der Waals surface area (Å²) in [7, 11) is 0. The van der Waals surface area contributed by atoms with E-state index < -0.39 is 0 Å². The highest BCUT2D eigenvalue weighted by Gasteiger charge is 2.00. The van der Waals surface area contributed by atoms with Crippen LogP contribution in [0, 0.1) is 5.21 Å². The molecule has 0 rings (SSSR count). The van der Waals surface area contributed by atoms with Crippen LogP contribution in [0.2, 0.25) is 0 Å². The molecule has 0 aliphatic rings. The molecule has 0 spiro atoms. The zero-order chi connectivity index (χ0) is 24.8. The molecule has 0 fully saturated rings. The lowest BCUT2D eigenvalue weighted by Gasteiger charge is -2.22. The molecule has 0 aromatic heterocycles. The third-order valence-corrected chi connectivity index (χ3v) is 7.62. The van der Waals surface area contributed by atoms with Gasteiger partial charge in [-0.2, -0.15) is 0 Å². The number of hydrogen-bond acceptors (Lipinski definition) is 1. The van der Waals surface area contributed by atoms with Crippen LogP contribution in [0.3, 0.4) is 0 Å². The van der Waals surface area contributed by atoms with Crippen molar-refractivity contribution in [1.29, 1.82) is 0 Å². The fourth-order valence-electron chi connectivity index (χ4n) is 5.16. The van der Waals surface area contributed by atoms with Crippen LogP contribution in [0.25, 0.3) is 0 Å². The molecule has 0 aliphatic heterocycles. The minimum atomic E-state index is 0.526.